The third-order valence-electron chi connectivity index (χ3n) is 2.13. The van der Waals surface area contributed by atoms with Crippen molar-refractivity contribution in [2.24, 2.45) is 5.92 Å². The van der Waals surface area contributed by atoms with Crippen LogP contribution in [0, 0.1) is 5.92 Å². The first-order valence-electron chi connectivity index (χ1n) is 4.66. The second-order valence-electron chi connectivity index (χ2n) is 3.30. The van der Waals surface area contributed by atoms with Gasteiger partial charge >= 0.3 is 0 Å². The molecule has 1 aromatic rings. The van der Waals surface area contributed by atoms with Crippen molar-refractivity contribution in [3.05, 3.63) is 40.9 Å². The molecule has 70 valence electrons. The van der Waals surface area contributed by atoms with Crippen molar-refractivity contribution in [1.29, 1.82) is 0 Å². The van der Waals surface area contributed by atoms with Gasteiger partial charge in [0.25, 0.3) is 0 Å². The lowest BCUT2D eigenvalue weighted by Gasteiger charge is -1.99. The molecular formula is C12H15Cl. The number of hydrogen-bond donors (Lipinski definition) is 0. The van der Waals surface area contributed by atoms with Crippen LogP contribution in [0.5, 0.6) is 0 Å². The Morgan fingerprint density at radius 2 is 1.92 bits per heavy atom. The number of allylic oxidation sites excluding steroid dienone is 1. The second-order valence-corrected chi connectivity index (χ2v) is 3.73. The van der Waals surface area contributed by atoms with Gasteiger partial charge < -0.3 is 0 Å². The summed E-state index contributed by atoms with van der Waals surface area (Å²) in [6.07, 6.45) is 5.55. The van der Waals surface area contributed by atoms with E-state index in [2.05, 4.69) is 26.0 Å². The second kappa shape index (κ2) is 5.08. The van der Waals surface area contributed by atoms with Crippen LogP contribution in [0.25, 0.3) is 6.08 Å². The predicted molar refractivity (Wildman–Crippen MR) is 59.9 cm³/mol. The molecule has 1 atom stereocenters. The summed E-state index contributed by atoms with van der Waals surface area (Å²) in [7, 11) is 0. The number of hydrogen-bond acceptors (Lipinski definition) is 0. The first-order valence-corrected chi connectivity index (χ1v) is 5.04. The average Bonchev–Trinajstić information content (AvgIpc) is 2.16. The Morgan fingerprint density at radius 1 is 1.31 bits per heavy atom. The molecule has 0 aliphatic heterocycles. The highest BCUT2D eigenvalue weighted by Crippen LogP contribution is 2.12. The fourth-order valence-electron chi connectivity index (χ4n) is 0.985. The van der Waals surface area contributed by atoms with Crippen molar-refractivity contribution < 1.29 is 0 Å². The molecule has 0 aliphatic carbocycles. The van der Waals surface area contributed by atoms with Crippen LogP contribution < -0.4 is 0 Å². The maximum absolute atomic E-state index is 5.78. The molecule has 0 aromatic heterocycles. The molecule has 0 N–H and O–H groups in total. The summed E-state index contributed by atoms with van der Waals surface area (Å²) < 4.78 is 0. The summed E-state index contributed by atoms with van der Waals surface area (Å²) in [6.45, 7) is 4.41. The highest BCUT2D eigenvalue weighted by atomic mass is 35.5. The van der Waals surface area contributed by atoms with Gasteiger partial charge in [0.1, 0.15) is 0 Å². The van der Waals surface area contributed by atoms with Gasteiger partial charge in [-0.05, 0) is 23.6 Å². The van der Waals surface area contributed by atoms with Crippen molar-refractivity contribution in [1.82, 2.24) is 0 Å². The van der Waals surface area contributed by atoms with E-state index in [0.29, 0.717) is 5.92 Å². The Labute approximate surface area is 85.2 Å². The van der Waals surface area contributed by atoms with E-state index in [9.17, 15) is 0 Å². The van der Waals surface area contributed by atoms with Crippen LogP contribution in [0.1, 0.15) is 25.8 Å². The molecule has 0 amide bonds. The topological polar surface area (TPSA) is 0 Å². The highest BCUT2D eigenvalue weighted by Gasteiger charge is 1.91. The minimum Gasteiger partial charge on any atom is -0.0843 e. The average molecular weight is 195 g/mol. The van der Waals surface area contributed by atoms with Gasteiger partial charge in [-0.25, -0.2) is 0 Å². The highest BCUT2D eigenvalue weighted by molar-refractivity contribution is 6.30. The monoisotopic (exact) mass is 194 g/mol. The third kappa shape index (κ3) is 3.65. The van der Waals surface area contributed by atoms with Crippen LogP contribution in [0.4, 0.5) is 0 Å². The van der Waals surface area contributed by atoms with Gasteiger partial charge in [0.15, 0.2) is 0 Å². The van der Waals surface area contributed by atoms with Crippen LogP contribution in [-0.4, -0.2) is 0 Å². The molecule has 1 unspecified atom stereocenters. The minimum atomic E-state index is 0.649. The molecule has 0 heterocycles. The molecule has 0 bridgehead atoms. The number of benzene rings is 1. The molecule has 0 radical (unpaired) electrons. The molecule has 0 fully saturated rings. The molecule has 0 nitrogen and oxygen atoms in total. The van der Waals surface area contributed by atoms with Gasteiger partial charge in [-0.1, -0.05) is 56.2 Å². The summed E-state index contributed by atoms with van der Waals surface area (Å²) in [5.74, 6) is 0.649. The van der Waals surface area contributed by atoms with Crippen LogP contribution in [-0.2, 0) is 0 Å². The summed E-state index contributed by atoms with van der Waals surface area (Å²) in [4.78, 5) is 0. The largest absolute Gasteiger partial charge is 0.0843 e. The van der Waals surface area contributed by atoms with Crippen molar-refractivity contribution in [2.75, 3.05) is 0 Å². The molecule has 1 aromatic carbocycles. The maximum Gasteiger partial charge on any atom is 0.0406 e. The summed E-state index contributed by atoms with van der Waals surface area (Å²) in [6, 6.07) is 7.89. The predicted octanol–water partition coefficient (Wildman–Crippen LogP) is 4.40. The van der Waals surface area contributed by atoms with Crippen molar-refractivity contribution >= 4 is 17.7 Å². The van der Waals surface area contributed by atoms with Crippen molar-refractivity contribution in [3.8, 4) is 0 Å². The molecule has 0 spiro atoms. The van der Waals surface area contributed by atoms with Crippen LogP contribution in [0.3, 0.4) is 0 Å². The fraction of sp³-hybridized carbons (Fsp3) is 0.333. The van der Waals surface area contributed by atoms with E-state index in [1.165, 1.54) is 12.0 Å². The zero-order chi connectivity index (χ0) is 9.68. The Kier molecular flexibility index (Phi) is 4.04. The van der Waals surface area contributed by atoms with Gasteiger partial charge in [0.2, 0.25) is 0 Å². The van der Waals surface area contributed by atoms with Gasteiger partial charge in [-0.3, -0.25) is 0 Å². The minimum absolute atomic E-state index is 0.649. The van der Waals surface area contributed by atoms with E-state index in [1.54, 1.807) is 0 Å². The SMILES string of the molecule is CCC(C)C=Cc1ccc(Cl)cc1. The lowest BCUT2D eigenvalue weighted by atomic mass is 10.1. The molecule has 0 saturated carbocycles. The molecule has 0 aliphatic rings. The smallest absolute Gasteiger partial charge is 0.0406 e. The molecule has 1 heteroatoms. The first kappa shape index (κ1) is 10.3. The van der Waals surface area contributed by atoms with Crippen LogP contribution in [0.2, 0.25) is 5.02 Å². The molecule has 0 saturated heterocycles. The van der Waals surface area contributed by atoms with Gasteiger partial charge in [0, 0.05) is 5.02 Å². The van der Waals surface area contributed by atoms with E-state index in [1.807, 2.05) is 24.3 Å². The normalized spacial score (nSPS) is 13.5. The first-order chi connectivity index (χ1) is 6.22. The van der Waals surface area contributed by atoms with E-state index in [-0.39, 0.29) is 0 Å². The summed E-state index contributed by atoms with van der Waals surface area (Å²) in [5.41, 5.74) is 1.21. The molecule has 1 rings (SSSR count). The Bertz CT molecular complexity index is 272. The van der Waals surface area contributed by atoms with E-state index in [4.69, 9.17) is 11.6 Å². The van der Waals surface area contributed by atoms with E-state index in [0.717, 1.165) is 5.02 Å². The molecule has 13 heavy (non-hydrogen) atoms. The fourth-order valence-corrected chi connectivity index (χ4v) is 1.11. The Balaban J connectivity index is 2.64. The zero-order valence-corrected chi connectivity index (χ0v) is 8.88. The Morgan fingerprint density at radius 3 is 2.46 bits per heavy atom. The Hall–Kier alpha value is -0.750. The van der Waals surface area contributed by atoms with Crippen molar-refractivity contribution in [3.63, 3.8) is 0 Å². The van der Waals surface area contributed by atoms with Crippen molar-refractivity contribution in [2.45, 2.75) is 20.3 Å². The number of rotatable bonds is 3. The van der Waals surface area contributed by atoms with Gasteiger partial charge in [0.05, 0.1) is 0 Å². The lowest BCUT2D eigenvalue weighted by Crippen LogP contribution is -1.83. The van der Waals surface area contributed by atoms with Gasteiger partial charge in [-0.2, -0.15) is 0 Å². The lowest BCUT2D eigenvalue weighted by molar-refractivity contribution is 0.701. The van der Waals surface area contributed by atoms with Crippen LogP contribution >= 0.6 is 11.6 Å². The zero-order valence-electron chi connectivity index (χ0n) is 8.13. The quantitative estimate of drug-likeness (QED) is 0.669. The van der Waals surface area contributed by atoms with Crippen LogP contribution in [0.15, 0.2) is 30.3 Å². The summed E-state index contributed by atoms with van der Waals surface area (Å²) >= 11 is 5.78. The maximum atomic E-state index is 5.78. The van der Waals surface area contributed by atoms with E-state index < -0.39 is 0 Å². The number of halogens is 1. The standard InChI is InChI=1S/C12H15Cl/c1-3-10(2)4-5-11-6-8-12(13)9-7-11/h4-10H,3H2,1-2H3. The van der Waals surface area contributed by atoms with E-state index >= 15 is 0 Å². The van der Waals surface area contributed by atoms with Gasteiger partial charge in [-0.15, -0.1) is 0 Å². The third-order valence-corrected chi connectivity index (χ3v) is 2.38. The molecular weight excluding hydrogens is 180 g/mol. The summed E-state index contributed by atoms with van der Waals surface area (Å²) in [5, 5.41) is 0.792.